The molecule has 3 N–H and O–H groups in total. The fourth-order valence-corrected chi connectivity index (χ4v) is 3.26. The van der Waals surface area contributed by atoms with Gasteiger partial charge in [0, 0.05) is 11.3 Å². The van der Waals surface area contributed by atoms with Crippen molar-refractivity contribution < 1.29 is 22.7 Å². The van der Waals surface area contributed by atoms with Gasteiger partial charge in [0.25, 0.3) is 0 Å². The van der Waals surface area contributed by atoms with Gasteiger partial charge in [0.2, 0.25) is 11.1 Å². The van der Waals surface area contributed by atoms with E-state index in [1.165, 1.54) is 16.8 Å². The molecule has 0 spiro atoms. The molecule has 2 aromatic carbocycles. The van der Waals surface area contributed by atoms with Crippen LogP contribution in [0.15, 0.2) is 53.7 Å². The molecule has 0 radical (unpaired) electrons. The number of carbonyl (C=O) groups excluding carboxylic acids is 1. The number of rotatable bonds is 6. The third-order valence-electron chi connectivity index (χ3n) is 4.14. The van der Waals surface area contributed by atoms with Crippen LogP contribution in [0.5, 0.6) is 5.75 Å². The molecule has 0 aliphatic carbocycles. The van der Waals surface area contributed by atoms with E-state index in [4.69, 9.17) is 10.6 Å². The molecule has 1 amide bonds. The summed E-state index contributed by atoms with van der Waals surface area (Å²) in [6, 6.07) is 11.3. The number of nitrogen functional groups attached to an aromatic ring is 1. The van der Waals surface area contributed by atoms with E-state index in [9.17, 15) is 18.0 Å². The second kappa shape index (κ2) is 8.66. The molecule has 1 heterocycles. The zero-order valence-corrected chi connectivity index (χ0v) is 16.8. The number of carbonyl (C=O) groups is 1. The van der Waals surface area contributed by atoms with E-state index in [1.807, 2.05) is 0 Å². The van der Waals surface area contributed by atoms with Gasteiger partial charge in [-0.15, -0.1) is 10.2 Å². The summed E-state index contributed by atoms with van der Waals surface area (Å²) in [6.45, 7) is 1.63. The number of nitrogens with zero attached hydrogens (tertiary/aromatic N) is 3. The molecule has 7 nitrogen and oxygen atoms in total. The molecule has 1 unspecified atom stereocenters. The SMILES string of the molecule is COc1ccc(-c2nnc(SC(C)C(=O)Nc3ccc(C(F)(F)F)cc3)n2N)cc1. The maximum absolute atomic E-state index is 12.6. The van der Waals surface area contributed by atoms with Crippen molar-refractivity contribution in [3.63, 3.8) is 0 Å². The number of halogens is 3. The Labute approximate surface area is 174 Å². The maximum atomic E-state index is 12.6. The van der Waals surface area contributed by atoms with Gasteiger partial charge in [-0.3, -0.25) is 4.79 Å². The van der Waals surface area contributed by atoms with E-state index < -0.39 is 22.9 Å². The highest BCUT2D eigenvalue weighted by Gasteiger charge is 2.30. The molecular formula is C19H18F3N5O2S. The van der Waals surface area contributed by atoms with Crippen LogP contribution in [0.25, 0.3) is 11.4 Å². The summed E-state index contributed by atoms with van der Waals surface area (Å²) in [5.74, 6) is 6.75. The van der Waals surface area contributed by atoms with Crippen molar-refractivity contribution in [2.24, 2.45) is 0 Å². The highest BCUT2D eigenvalue weighted by atomic mass is 32.2. The van der Waals surface area contributed by atoms with E-state index in [0.29, 0.717) is 16.7 Å². The Bertz CT molecular complexity index is 1020. The Morgan fingerprint density at radius 3 is 2.33 bits per heavy atom. The van der Waals surface area contributed by atoms with Crippen LogP contribution >= 0.6 is 11.8 Å². The predicted molar refractivity (Wildman–Crippen MR) is 108 cm³/mol. The number of nitrogens with two attached hydrogens (primary N) is 1. The molecule has 0 fully saturated rings. The summed E-state index contributed by atoms with van der Waals surface area (Å²) in [5, 5.41) is 10.3. The fraction of sp³-hybridized carbons (Fsp3) is 0.211. The van der Waals surface area contributed by atoms with E-state index in [2.05, 4.69) is 15.5 Å². The van der Waals surface area contributed by atoms with E-state index in [1.54, 1.807) is 38.3 Å². The summed E-state index contributed by atoms with van der Waals surface area (Å²) in [4.78, 5) is 12.4. The number of aromatic nitrogens is 3. The predicted octanol–water partition coefficient (Wildman–Crippen LogP) is 3.81. The standard InChI is InChI=1S/C19H18F3N5O2S/c1-11(17(28)24-14-7-5-13(6-8-14)19(20,21)22)30-18-26-25-16(27(18)23)12-3-9-15(29-2)10-4-12/h3-11H,23H2,1-2H3,(H,24,28). The van der Waals surface area contributed by atoms with Gasteiger partial charge in [0.15, 0.2) is 5.82 Å². The number of nitrogens with one attached hydrogen (secondary N) is 1. The Hall–Kier alpha value is -3.21. The van der Waals surface area contributed by atoms with Crippen LogP contribution in [-0.2, 0) is 11.0 Å². The molecule has 158 valence electrons. The van der Waals surface area contributed by atoms with Crippen molar-refractivity contribution >= 4 is 23.4 Å². The minimum Gasteiger partial charge on any atom is -0.497 e. The molecule has 11 heteroatoms. The third-order valence-corrected chi connectivity index (χ3v) is 5.20. The van der Waals surface area contributed by atoms with Crippen LogP contribution in [0.3, 0.4) is 0 Å². The summed E-state index contributed by atoms with van der Waals surface area (Å²) >= 11 is 1.08. The number of amides is 1. The second-order valence-corrected chi connectivity index (χ2v) is 7.54. The van der Waals surface area contributed by atoms with Gasteiger partial charge in [0.1, 0.15) is 5.75 Å². The summed E-state index contributed by atoms with van der Waals surface area (Å²) < 4.78 is 44.3. The molecule has 1 aromatic heterocycles. The molecule has 0 bridgehead atoms. The topological polar surface area (TPSA) is 95.1 Å². The molecule has 1 atom stereocenters. The summed E-state index contributed by atoms with van der Waals surface area (Å²) in [7, 11) is 1.56. The van der Waals surface area contributed by atoms with Gasteiger partial charge in [0.05, 0.1) is 17.9 Å². The van der Waals surface area contributed by atoms with Crippen molar-refractivity contribution in [1.82, 2.24) is 14.9 Å². The Morgan fingerprint density at radius 1 is 1.13 bits per heavy atom. The number of anilines is 1. The lowest BCUT2D eigenvalue weighted by Crippen LogP contribution is -2.23. The molecule has 3 rings (SSSR count). The van der Waals surface area contributed by atoms with Crippen molar-refractivity contribution in [1.29, 1.82) is 0 Å². The first-order valence-corrected chi connectivity index (χ1v) is 9.56. The van der Waals surface area contributed by atoms with Crippen molar-refractivity contribution in [3.05, 3.63) is 54.1 Å². The summed E-state index contributed by atoms with van der Waals surface area (Å²) in [6.07, 6.45) is -4.43. The van der Waals surface area contributed by atoms with Gasteiger partial charge in [-0.2, -0.15) is 13.2 Å². The van der Waals surface area contributed by atoms with Crippen molar-refractivity contribution in [2.75, 3.05) is 18.3 Å². The molecular weight excluding hydrogens is 419 g/mol. The van der Waals surface area contributed by atoms with Crippen LogP contribution in [0.4, 0.5) is 18.9 Å². The van der Waals surface area contributed by atoms with E-state index >= 15 is 0 Å². The van der Waals surface area contributed by atoms with Gasteiger partial charge < -0.3 is 15.9 Å². The monoisotopic (exact) mass is 437 g/mol. The normalized spacial score (nSPS) is 12.4. The van der Waals surface area contributed by atoms with Gasteiger partial charge in [-0.25, -0.2) is 4.68 Å². The molecule has 0 aliphatic heterocycles. The first kappa shape index (κ1) is 21.5. The smallest absolute Gasteiger partial charge is 0.416 e. The Balaban J connectivity index is 1.66. The largest absolute Gasteiger partial charge is 0.497 e. The number of hydrogen-bond acceptors (Lipinski definition) is 6. The second-order valence-electron chi connectivity index (χ2n) is 6.23. The highest BCUT2D eigenvalue weighted by Crippen LogP contribution is 2.30. The first-order valence-electron chi connectivity index (χ1n) is 8.68. The fourth-order valence-electron chi connectivity index (χ4n) is 2.49. The van der Waals surface area contributed by atoms with Crippen molar-refractivity contribution in [3.8, 4) is 17.1 Å². The van der Waals surface area contributed by atoms with Gasteiger partial charge >= 0.3 is 6.18 Å². The average molecular weight is 437 g/mol. The zero-order chi connectivity index (χ0) is 21.9. The lowest BCUT2D eigenvalue weighted by molar-refractivity contribution is -0.137. The molecule has 0 saturated heterocycles. The molecule has 30 heavy (non-hydrogen) atoms. The lowest BCUT2D eigenvalue weighted by Gasteiger charge is -2.12. The average Bonchev–Trinajstić information content (AvgIpc) is 3.08. The Morgan fingerprint density at radius 2 is 1.77 bits per heavy atom. The summed E-state index contributed by atoms with van der Waals surface area (Å²) in [5.41, 5.74) is 0.193. The van der Waals surface area contributed by atoms with Gasteiger partial charge in [-0.1, -0.05) is 11.8 Å². The van der Waals surface area contributed by atoms with E-state index in [0.717, 1.165) is 29.5 Å². The minimum absolute atomic E-state index is 0.258. The van der Waals surface area contributed by atoms with E-state index in [-0.39, 0.29) is 5.69 Å². The quantitative estimate of drug-likeness (QED) is 0.450. The number of thioether (sulfide) groups is 1. The van der Waals surface area contributed by atoms with Crippen molar-refractivity contribution in [2.45, 2.75) is 23.5 Å². The first-order chi connectivity index (χ1) is 14.2. The Kier molecular flexibility index (Phi) is 6.20. The molecule has 0 saturated carbocycles. The maximum Gasteiger partial charge on any atom is 0.416 e. The number of alkyl halides is 3. The van der Waals surface area contributed by atoms with Crippen LogP contribution in [0, 0.1) is 0 Å². The number of hydrogen-bond donors (Lipinski definition) is 2. The minimum atomic E-state index is -4.43. The number of ether oxygens (including phenoxy) is 1. The zero-order valence-electron chi connectivity index (χ0n) is 16.0. The highest BCUT2D eigenvalue weighted by molar-refractivity contribution is 8.00. The van der Waals surface area contributed by atoms with Gasteiger partial charge in [-0.05, 0) is 55.5 Å². The van der Waals surface area contributed by atoms with Crippen LogP contribution in [0.2, 0.25) is 0 Å². The molecule has 0 aliphatic rings. The van der Waals surface area contributed by atoms with Crippen LogP contribution in [0.1, 0.15) is 12.5 Å². The number of methoxy groups -OCH3 is 1. The van der Waals surface area contributed by atoms with Crippen LogP contribution in [-0.4, -0.2) is 33.1 Å². The lowest BCUT2D eigenvalue weighted by atomic mass is 10.2. The third kappa shape index (κ3) is 4.85. The van der Waals surface area contributed by atoms with Crippen LogP contribution < -0.4 is 15.9 Å². The number of benzene rings is 2. The molecule has 3 aromatic rings.